The smallest absolute Gasteiger partial charge is 0.407 e. The molecule has 5 rings (SSSR count). The number of sulfone groups is 1. The molecule has 1 heterocycles. The van der Waals surface area contributed by atoms with Gasteiger partial charge < -0.3 is 25.8 Å². The molecule has 3 amide bonds. The average molecular weight is 616 g/mol. The average Bonchev–Trinajstić information content (AvgIpc) is 3.38. The number of aliphatic hydroxyl groups is 1. The first-order valence-electron chi connectivity index (χ1n) is 12.7. The Labute approximate surface area is 237 Å². The Kier molecular flexibility index (Phi) is 7.68. The number of alkyl carbamates (subject to hydrolysis) is 1. The minimum Gasteiger partial charge on any atom is -0.447 e. The summed E-state index contributed by atoms with van der Waals surface area (Å²) in [7, 11) is -4.11. The molecule has 2 aliphatic carbocycles. The molecule has 0 radical (unpaired) electrons. The van der Waals surface area contributed by atoms with Crippen molar-refractivity contribution >= 4 is 45.0 Å². The number of anilines is 1. The third-order valence-electron chi connectivity index (χ3n) is 8.09. The molecule has 10 nitrogen and oxygen atoms in total. The number of carbonyl (C=O) groups excluding carboxylic acids is 3. The Bertz CT molecular complexity index is 1500. The molecule has 5 atom stereocenters. The molecule has 3 unspecified atom stereocenters. The lowest BCUT2D eigenvalue weighted by molar-refractivity contribution is -0.126. The number of hydrogen-bond donors (Lipinski definition) is 4. The second-order valence-corrected chi connectivity index (χ2v) is 13.1. The van der Waals surface area contributed by atoms with Gasteiger partial charge in [0.05, 0.1) is 20.8 Å². The van der Waals surface area contributed by atoms with Gasteiger partial charge in [0.1, 0.15) is 12.6 Å². The standard InChI is InChI=1S/C26H25ClF3N3O7S/c27-17-4-1-12(23(34)32-15-8-18(28)22(30)19(29)9-15)5-21(17)41(38,39)16-6-13-2-3-14(7-16)26(13,37)11-31-24(35)20-10-40-25(36)33-20/h1,4-5,8-9,13-14,16,20,37H,2-3,6-7,10-11H2,(H,31,35)(H,32,34)(H,33,36)/t13-,14?,16?,20-,26?/m0/s1. The lowest BCUT2D eigenvalue weighted by Crippen LogP contribution is -2.56. The molecule has 0 spiro atoms. The van der Waals surface area contributed by atoms with E-state index in [9.17, 15) is 41.1 Å². The molecule has 2 bridgehead atoms. The third-order valence-corrected chi connectivity index (χ3v) is 10.7. The van der Waals surface area contributed by atoms with Crippen LogP contribution in [0.5, 0.6) is 0 Å². The van der Waals surface area contributed by atoms with Crippen molar-refractivity contribution in [3.63, 3.8) is 0 Å². The topological polar surface area (TPSA) is 151 Å². The van der Waals surface area contributed by atoms with E-state index in [1.165, 1.54) is 12.1 Å². The number of benzene rings is 2. The lowest BCUT2D eigenvalue weighted by Gasteiger charge is -2.42. The second-order valence-electron chi connectivity index (χ2n) is 10.5. The van der Waals surface area contributed by atoms with Gasteiger partial charge >= 0.3 is 6.09 Å². The molecule has 4 N–H and O–H groups in total. The summed E-state index contributed by atoms with van der Waals surface area (Å²) in [5.41, 5.74) is -1.89. The van der Waals surface area contributed by atoms with Crippen molar-refractivity contribution in [2.75, 3.05) is 18.5 Å². The second kappa shape index (κ2) is 10.8. The van der Waals surface area contributed by atoms with Crippen LogP contribution in [0.3, 0.4) is 0 Å². The zero-order valence-corrected chi connectivity index (χ0v) is 22.8. The Morgan fingerprint density at radius 2 is 1.73 bits per heavy atom. The van der Waals surface area contributed by atoms with Gasteiger partial charge in [-0.15, -0.1) is 0 Å². The molecule has 2 saturated carbocycles. The largest absolute Gasteiger partial charge is 0.447 e. The van der Waals surface area contributed by atoms with E-state index in [-0.39, 0.29) is 47.2 Å². The molecule has 15 heteroatoms. The van der Waals surface area contributed by atoms with Crippen molar-refractivity contribution < 1.29 is 45.8 Å². The zero-order valence-electron chi connectivity index (χ0n) is 21.3. The van der Waals surface area contributed by atoms with Gasteiger partial charge in [-0.05, 0) is 55.7 Å². The fourth-order valence-electron chi connectivity index (χ4n) is 5.90. The molecular weight excluding hydrogens is 591 g/mol. The van der Waals surface area contributed by atoms with Crippen molar-refractivity contribution in [2.45, 2.75) is 47.5 Å². The highest BCUT2D eigenvalue weighted by molar-refractivity contribution is 7.92. The normalized spacial score (nSPS) is 27.2. The van der Waals surface area contributed by atoms with Gasteiger partial charge in [0.2, 0.25) is 5.91 Å². The highest BCUT2D eigenvalue weighted by Gasteiger charge is 2.56. The number of amides is 3. The summed E-state index contributed by atoms with van der Waals surface area (Å²) in [5.74, 6) is -7.05. The van der Waals surface area contributed by atoms with Gasteiger partial charge in [-0.2, -0.15) is 0 Å². The number of hydrogen-bond acceptors (Lipinski definition) is 7. The highest BCUT2D eigenvalue weighted by Crippen LogP contribution is 2.52. The summed E-state index contributed by atoms with van der Waals surface area (Å²) in [5, 5.41) is 17.6. The molecule has 0 aromatic heterocycles. The van der Waals surface area contributed by atoms with Gasteiger partial charge in [-0.1, -0.05) is 11.6 Å². The van der Waals surface area contributed by atoms with E-state index in [1.54, 1.807) is 0 Å². The molecule has 1 saturated heterocycles. The van der Waals surface area contributed by atoms with E-state index in [2.05, 4.69) is 16.0 Å². The first kappa shape index (κ1) is 29.1. The predicted octanol–water partition coefficient (Wildman–Crippen LogP) is 2.93. The summed E-state index contributed by atoms with van der Waals surface area (Å²) in [4.78, 5) is 36.0. The van der Waals surface area contributed by atoms with Crippen molar-refractivity contribution in [3.05, 3.63) is 58.4 Å². The molecule has 41 heavy (non-hydrogen) atoms. The van der Waals surface area contributed by atoms with Crippen molar-refractivity contribution in [2.24, 2.45) is 11.8 Å². The van der Waals surface area contributed by atoms with Crippen LogP contribution in [0.1, 0.15) is 36.0 Å². The SMILES string of the molecule is O=C1N[C@H](C(=O)NCC2(O)C3CC[C@H]2CC(S(=O)(=O)c2cc(C(=O)Nc4cc(F)c(F)c(F)c4)ccc2Cl)C3)CO1. The maximum Gasteiger partial charge on any atom is 0.407 e. The minimum atomic E-state index is -4.11. The van der Waals surface area contributed by atoms with Gasteiger partial charge in [0.15, 0.2) is 27.3 Å². The van der Waals surface area contributed by atoms with Crippen LogP contribution in [0.2, 0.25) is 5.02 Å². The molecular formula is C26H25ClF3N3O7S. The van der Waals surface area contributed by atoms with Gasteiger partial charge in [0, 0.05) is 29.9 Å². The van der Waals surface area contributed by atoms with E-state index < -0.39 is 73.9 Å². The first-order chi connectivity index (χ1) is 19.3. The first-order valence-corrected chi connectivity index (χ1v) is 14.6. The van der Waals surface area contributed by atoms with Crippen molar-refractivity contribution in [1.29, 1.82) is 0 Å². The summed E-state index contributed by atoms with van der Waals surface area (Å²) in [6.45, 7) is -0.257. The monoisotopic (exact) mass is 615 g/mol. The van der Waals surface area contributed by atoms with E-state index in [0.717, 1.165) is 6.07 Å². The Hall–Kier alpha value is -3.36. The fourth-order valence-corrected chi connectivity index (χ4v) is 8.30. The number of halogens is 4. The number of rotatable bonds is 7. The molecule has 2 aromatic carbocycles. The Morgan fingerprint density at radius 1 is 1.10 bits per heavy atom. The number of nitrogens with one attached hydrogen (secondary N) is 3. The molecule has 220 valence electrons. The van der Waals surface area contributed by atoms with Crippen LogP contribution >= 0.6 is 11.6 Å². The fraction of sp³-hybridized carbons (Fsp3) is 0.423. The van der Waals surface area contributed by atoms with Gasteiger partial charge in [0.25, 0.3) is 5.91 Å². The maximum atomic E-state index is 13.7. The number of ether oxygens (including phenoxy) is 1. The number of cyclic esters (lactones) is 1. The quantitative estimate of drug-likeness (QED) is 0.350. The zero-order chi connectivity index (χ0) is 29.7. The van der Waals surface area contributed by atoms with Crippen LogP contribution in [-0.2, 0) is 19.4 Å². The molecule has 2 aromatic rings. The van der Waals surface area contributed by atoms with Crippen LogP contribution < -0.4 is 16.0 Å². The van der Waals surface area contributed by atoms with E-state index in [0.29, 0.717) is 25.0 Å². The van der Waals surface area contributed by atoms with Crippen LogP contribution in [0.4, 0.5) is 23.7 Å². The minimum absolute atomic E-state index is 0.0787. The predicted molar refractivity (Wildman–Crippen MR) is 138 cm³/mol. The molecule has 3 aliphatic rings. The Balaban J connectivity index is 1.30. The number of carbonyl (C=O) groups is 3. The van der Waals surface area contributed by atoms with Crippen LogP contribution in [-0.4, -0.2) is 61.5 Å². The van der Waals surface area contributed by atoms with Crippen LogP contribution in [0.25, 0.3) is 0 Å². The summed E-state index contributed by atoms with van der Waals surface area (Å²) in [6, 6.07) is 3.80. The molecule has 1 aliphatic heterocycles. The van der Waals surface area contributed by atoms with E-state index in [4.69, 9.17) is 16.3 Å². The number of fused-ring (bicyclic) bond motifs is 2. The Morgan fingerprint density at radius 3 is 2.32 bits per heavy atom. The van der Waals surface area contributed by atoms with E-state index >= 15 is 0 Å². The molecule has 3 fully saturated rings. The van der Waals surface area contributed by atoms with Gasteiger partial charge in [-0.25, -0.2) is 26.4 Å². The van der Waals surface area contributed by atoms with E-state index in [1.807, 2.05) is 0 Å². The third kappa shape index (κ3) is 5.47. The highest BCUT2D eigenvalue weighted by atomic mass is 35.5. The lowest BCUT2D eigenvalue weighted by atomic mass is 9.74. The summed E-state index contributed by atoms with van der Waals surface area (Å²) >= 11 is 6.24. The van der Waals surface area contributed by atoms with Crippen molar-refractivity contribution in [3.8, 4) is 0 Å². The van der Waals surface area contributed by atoms with Gasteiger partial charge in [-0.3, -0.25) is 9.59 Å². The van der Waals surface area contributed by atoms with Crippen molar-refractivity contribution in [1.82, 2.24) is 10.6 Å². The summed E-state index contributed by atoms with van der Waals surface area (Å²) in [6.07, 6.45) is 0.513. The summed E-state index contributed by atoms with van der Waals surface area (Å²) < 4.78 is 72.5. The maximum absolute atomic E-state index is 13.7. The van der Waals surface area contributed by atoms with Crippen LogP contribution in [0, 0.1) is 29.3 Å². The van der Waals surface area contributed by atoms with Crippen LogP contribution in [0.15, 0.2) is 35.2 Å².